The van der Waals surface area contributed by atoms with Crippen molar-refractivity contribution in [2.75, 3.05) is 0 Å². The van der Waals surface area contributed by atoms with Crippen LogP contribution in [-0.4, -0.2) is 11.1 Å². The number of carboxylic acid groups (broad SMARTS) is 1. The summed E-state index contributed by atoms with van der Waals surface area (Å²) in [6, 6.07) is 10.1. The molecule has 1 aromatic heterocycles. The number of thiophene rings is 1. The summed E-state index contributed by atoms with van der Waals surface area (Å²) in [6.07, 6.45) is 1.19. The highest BCUT2D eigenvalue weighted by Gasteiger charge is 2.18. The number of carboxylic acids is 1. The molecular formula is C15H16O2S. The van der Waals surface area contributed by atoms with Gasteiger partial charge in [-0.3, -0.25) is 4.79 Å². The number of benzene rings is 1. The fraction of sp³-hybridized carbons (Fsp3) is 0.267. The van der Waals surface area contributed by atoms with Gasteiger partial charge in [0.15, 0.2) is 0 Å². The minimum absolute atomic E-state index is 0.345. The molecule has 2 rings (SSSR count). The van der Waals surface area contributed by atoms with Crippen molar-refractivity contribution in [1.82, 2.24) is 0 Å². The van der Waals surface area contributed by atoms with E-state index in [4.69, 9.17) is 0 Å². The van der Waals surface area contributed by atoms with Crippen molar-refractivity contribution in [3.8, 4) is 0 Å². The predicted molar refractivity (Wildman–Crippen MR) is 74.0 cm³/mol. The fourth-order valence-corrected chi connectivity index (χ4v) is 2.63. The number of hydrogen-bond donors (Lipinski definition) is 1. The second kappa shape index (κ2) is 5.83. The molecule has 1 heterocycles. The highest BCUT2D eigenvalue weighted by Crippen LogP contribution is 2.17. The Morgan fingerprint density at radius 1 is 1.17 bits per heavy atom. The van der Waals surface area contributed by atoms with Gasteiger partial charge in [0, 0.05) is 0 Å². The van der Waals surface area contributed by atoms with Crippen molar-refractivity contribution >= 4 is 17.3 Å². The van der Waals surface area contributed by atoms with Crippen LogP contribution in [-0.2, 0) is 17.6 Å². The Kier molecular flexibility index (Phi) is 4.15. The summed E-state index contributed by atoms with van der Waals surface area (Å²) in [7, 11) is 0. The third-order valence-corrected chi connectivity index (χ3v) is 3.75. The van der Waals surface area contributed by atoms with E-state index in [1.165, 1.54) is 5.56 Å². The smallest absolute Gasteiger partial charge is 0.307 e. The van der Waals surface area contributed by atoms with Gasteiger partial charge < -0.3 is 5.11 Å². The minimum atomic E-state index is -0.721. The lowest BCUT2D eigenvalue weighted by Crippen LogP contribution is -2.18. The fourth-order valence-electron chi connectivity index (χ4n) is 1.95. The lowest BCUT2D eigenvalue weighted by atomic mass is 9.93. The number of aliphatic carboxylic acids is 1. The lowest BCUT2D eigenvalue weighted by Gasteiger charge is -2.11. The van der Waals surface area contributed by atoms with Crippen LogP contribution < -0.4 is 0 Å². The molecule has 2 nitrogen and oxygen atoms in total. The van der Waals surface area contributed by atoms with Crippen LogP contribution in [0.3, 0.4) is 0 Å². The molecule has 0 fully saturated rings. The molecule has 2 aromatic rings. The monoisotopic (exact) mass is 260 g/mol. The summed E-state index contributed by atoms with van der Waals surface area (Å²) in [4.78, 5) is 11.3. The van der Waals surface area contributed by atoms with Crippen LogP contribution in [0.4, 0.5) is 0 Å². The summed E-state index contributed by atoms with van der Waals surface area (Å²) in [5, 5.41) is 13.3. The van der Waals surface area contributed by atoms with Gasteiger partial charge in [0.1, 0.15) is 0 Å². The average Bonchev–Trinajstić information content (AvgIpc) is 2.84. The zero-order chi connectivity index (χ0) is 13.0. The molecule has 94 valence electrons. The molecule has 1 N–H and O–H groups in total. The van der Waals surface area contributed by atoms with Crippen LogP contribution in [0.15, 0.2) is 41.1 Å². The van der Waals surface area contributed by atoms with Crippen LogP contribution >= 0.6 is 11.3 Å². The molecule has 18 heavy (non-hydrogen) atoms. The third-order valence-electron chi connectivity index (χ3n) is 3.01. The maximum absolute atomic E-state index is 11.3. The molecule has 0 aliphatic heterocycles. The standard InChI is InChI=1S/C15H16O2S/c1-11-2-4-12(5-3-11)8-14(15(16)17)9-13-6-7-18-10-13/h2-7,10,14H,8-9H2,1H3,(H,16,17). The highest BCUT2D eigenvalue weighted by atomic mass is 32.1. The summed E-state index contributed by atoms with van der Waals surface area (Å²) in [5.41, 5.74) is 3.39. The van der Waals surface area contributed by atoms with E-state index in [0.29, 0.717) is 12.8 Å². The molecule has 1 atom stereocenters. The lowest BCUT2D eigenvalue weighted by molar-refractivity contribution is -0.141. The third kappa shape index (κ3) is 3.44. The topological polar surface area (TPSA) is 37.3 Å². The van der Waals surface area contributed by atoms with Crippen molar-refractivity contribution in [3.05, 3.63) is 57.8 Å². The molecule has 0 aliphatic carbocycles. The normalized spacial score (nSPS) is 12.3. The van der Waals surface area contributed by atoms with Crippen LogP contribution in [0.1, 0.15) is 16.7 Å². The first-order chi connectivity index (χ1) is 8.65. The molecule has 0 radical (unpaired) electrons. The van der Waals surface area contributed by atoms with Gasteiger partial charge >= 0.3 is 5.97 Å². The highest BCUT2D eigenvalue weighted by molar-refractivity contribution is 7.07. The molecule has 1 aromatic carbocycles. The van der Waals surface area contributed by atoms with Gasteiger partial charge in [0.2, 0.25) is 0 Å². The van der Waals surface area contributed by atoms with Crippen molar-refractivity contribution in [2.24, 2.45) is 5.92 Å². The molecule has 0 bridgehead atoms. The Hall–Kier alpha value is -1.61. The van der Waals surface area contributed by atoms with Crippen molar-refractivity contribution in [3.63, 3.8) is 0 Å². The Morgan fingerprint density at radius 2 is 1.83 bits per heavy atom. The summed E-state index contributed by atoms with van der Waals surface area (Å²) in [6.45, 7) is 2.03. The molecule has 1 unspecified atom stereocenters. The largest absolute Gasteiger partial charge is 0.481 e. The SMILES string of the molecule is Cc1ccc(CC(Cc2ccsc2)C(=O)O)cc1. The number of rotatable bonds is 5. The quantitative estimate of drug-likeness (QED) is 0.892. The number of carbonyl (C=O) groups is 1. The number of aryl methyl sites for hydroxylation is 1. The molecule has 0 aliphatic rings. The first-order valence-corrected chi connectivity index (χ1v) is 6.89. The van der Waals surface area contributed by atoms with Crippen LogP contribution in [0.25, 0.3) is 0 Å². The van der Waals surface area contributed by atoms with Gasteiger partial charge in [-0.2, -0.15) is 11.3 Å². The van der Waals surface area contributed by atoms with Gasteiger partial charge in [-0.25, -0.2) is 0 Å². The maximum atomic E-state index is 11.3. The predicted octanol–water partition coefficient (Wildman–Crippen LogP) is 3.54. The molecule has 0 amide bonds. The van der Waals surface area contributed by atoms with E-state index in [1.807, 2.05) is 48.0 Å². The maximum Gasteiger partial charge on any atom is 0.307 e. The van der Waals surface area contributed by atoms with E-state index in [9.17, 15) is 9.90 Å². The second-order valence-corrected chi connectivity index (χ2v) is 5.34. The van der Waals surface area contributed by atoms with Crippen molar-refractivity contribution in [1.29, 1.82) is 0 Å². The van der Waals surface area contributed by atoms with E-state index in [2.05, 4.69) is 0 Å². The number of hydrogen-bond acceptors (Lipinski definition) is 2. The molecule has 0 saturated heterocycles. The zero-order valence-electron chi connectivity index (χ0n) is 10.3. The van der Waals surface area contributed by atoms with Gasteiger partial charge in [-0.05, 0) is 47.7 Å². The average molecular weight is 260 g/mol. The summed E-state index contributed by atoms with van der Waals surface area (Å²) in [5.74, 6) is -1.07. The Labute approximate surface area is 111 Å². The Balaban J connectivity index is 2.06. The minimum Gasteiger partial charge on any atom is -0.481 e. The summed E-state index contributed by atoms with van der Waals surface area (Å²) < 4.78 is 0. The van der Waals surface area contributed by atoms with E-state index in [0.717, 1.165) is 11.1 Å². The first-order valence-electron chi connectivity index (χ1n) is 5.94. The van der Waals surface area contributed by atoms with Gasteiger partial charge in [0.05, 0.1) is 5.92 Å². The van der Waals surface area contributed by atoms with Crippen LogP contribution in [0.2, 0.25) is 0 Å². The second-order valence-electron chi connectivity index (χ2n) is 4.56. The van der Waals surface area contributed by atoms with Gasteiger partial charge in [-0.1, -0.05) is 29.8 Å². The van der Waals surface area contributed by atoms with E-state index in [1.54, 1.807) is 11.3 Å². The van der Waals surface area contributed by atoms with Crippen molar-refractivity contribution in [2.45, 2.75) is 19.8 Å². The summed E-state index contributed by atoms with van der Waals surface area (Å²) >= 11 is 1.61. The van der Waals surface area contributed by atoms with Crippen LogP contribution in [0, 0.1) is 12.8 Å². The first kappa shape index (κ1) is 12.8. The molecule has 0 saturated carbocycles. The van der Waals surface area contributed by atoms with Crippen LogP contribution in [0.5, 0.6) is 0 Å². The van der Waals surface area contributed by atoms with E-state index in [-0.39, 0.29) is 5.92 Å². The zero-order valence-corrected chi connectivity index (χ0v) is 11.1. The molecule has 0 spiro atoms. The van der Waals surface area contributed by atoms with Crippen molar-refractivity contribution < 1.29 is 9.90 Å². The Morgan fingerprint density at radius 3 is 2.39 bits per heavy atom. The van der Waals surface area contributed by atoms with Gasteiger partial charge in [-0.15, -0.1) is 0 Å². The van der Waals surface area contributed by atoms with E-state index >= 15 is 0 Å². The van der Waals surface area contributed by atoms with E-state index < -0.39 is 5.97 Å². The molecular weight excluding hydrogens is 244 g/mol. The molecule has 3 heteroatoms. The van der Waals surface area contributed by atoms with Gasteiger partial charge in [0.25, 0.3) is 0 Å². The Bertz CT molecular complexity index is 500.